The summed E-state index contributed by atoms with van der Waals surface area (Å²) < 4.78 is 0. The molecule has 1 heterocycles. The maximum Gasteiger partial charge on any atom is 0.160 e. The van der Waals surface area contributed by atoms with Gasteiger partial charge in [0.05, 0.1) is 0 Å². The van der Waals surface area contributed by atoms with Gasteiger partial charge in [-0.3, -0.25) is 0 Å². The molecule has 0 fully saturated rings. The first kappa shape index (κ1) is 21.0. The second-order valence-corrected chi connectivity index (χ2v) is 7.72. The number of hydrogen-bond acceptors (Lipinski definition) is 3. The van der Waals surface area contributed by atoms with Crippen LogP contribution in [0.3, 0.4) is 0 Å². The Bertz CT molecular complexity index is 637. The van der Waals surface area contributed by atoms with Crippen LogP contribution in [0.25, 0.3) is 11.4 Å². The number of rotatable bonds is 12. The van der Waals surface area contributed by atoms with Crippen LogP contribution in [0.1, 0.15) is 82.8 Å². The van der Waals surface area contributed by atoms with Gasteiger partial charge in [0.25, 0.3) is 0 Å². The Kier molecular flexibility index (Phi) is 9.76. The molecule has 0 saturated heterocycles. The second kappa shape index (κ2) is 12.1. The fourth-order valence-corrected chi connectivity index (χ4v) is 3.57. The Morgan fingerprint density at radius 2 is 1.31 bits per heavy atom. The van der Waals surface area contributed by atoms with Crippen molar-refractivity contribution in [3.05, 3.63) is 41.7 Å². The summed E-state index contributed by atoms with van der Waals surface area (Å²) in [7, 11) is 0. The van der Waals surface area contributed by atoms with Gasteiger partial charge in [0, 0.05) is 22.9 Å². The van der Waals surface area contributed by atoms with Gasteiger partial charge in [-0.1, -0.05) is 64.9 Å². The molecule has 0 N–H and O–H groups in total. The molecule has 0 unspecified atom stereocenters. The lowest BCUT2D eigenvalue weighted by molar-refractivity contribution is 0.607. The Balaban J connectivity index is 1.87. The van der Waals surface area contributed by atoms with Crippen LogP contribution in [0, 0.1) is 0 Å². The van der Waals surface area contributed by atoms with Crippen LogP contribution in [0.5, 0.6) is 0 Å². The van der Waals surface area contributed by atoms with Gasteiger partial charge in [-0.2, -0.15) is 0 Å². The average Bonchev–Trinajstić information content (AvgIpc) is 2.66. The number of benzene rings is 1. The third-order valence-corrected chi connectivity index (χ3v) is 5.27. The molecule has 1 aromatic carbocycles. The summed E-state index contributed by atoms with van der Waals surface area (Å²) in [5.41, 5.74) is 3.62. The normalized spacial score (nSPS) is 11.0. The van der Waals surface area contributed by atoms with Crippen LogP contribution in [0.15, 0.2) is 35.5 Å². The molecule has 2 aromatic rings. The van der Waals surface area contributed by atoms with Crippen molar-refractivity contribution in [3.63, 3.8) is 0 Å². The van der Waals surface area contributed by atoms with Crippen molar-refractivity contribution < 1.29 is 0 Å². The standard InChI is InChI=1S/C23H34N2S/c1-3-5-7-8-9-11-13-20-17-24-23(25-18-20)21-15-14-19(16-22(21)26)12-10-6-4-2/h14-18,26H,3-13H2,1-2H3. The van der Waals surface area contributed by atoms with E-state index in [0.29, 0.717) is 0 Å². The van der Waals surface area contributed by atoms with E-state index >= 15 is 0 Å². The van der Waals surface area contributed by atoms with Crippen molar-refractivity contribution in [1.29, 1.82) is 0 Å². The molecule has 1 aromatic heterocycles. The summed E-state index contributed by atoms with van der Waals surface area (Å²) in [4.78, 5) is 10.1. The van der Waals surface area contributed by atoms with E-state index in [1.54, 1.807) is 0 Å². The lowest BCUT2D eigenvalue weighted by Gasteiger charge is -2.08. The summed E-state index contributed by atoms with van der Waals surface area (Å²) in [6, 6.07) is 6.48. The topological polar surface area (TPSA) is 25.8 Å². The summed E-state index contributed by atoms with van der Waals surface area (Å²) in [5.74, 6) is 0.779. The maximum absolute atomic E-state index is 4.67. The summed E-state index contributed by atoms with van der Waals surface area (Å²) >= 11 is 4.67. The van der Waals surface area contributed by atoms with Gasteiger partial charge in [-0.25, -0.2) is 9.97 Å². The zero-order valence-electron chi connectivity index (χ0n) is 16.5. The molecule has 26 heavy (non-hydrogen) atoms. The highest BCUT2D eigenvalue weighted by molar-refractivity contribution is 7.80. The van der Waals surface area contributed by atoms with Gasteiger partial charge in [0.15, 0.2) is 5.82 Å². The number of nitrogens with zero attached hydrogens (tertiary/aromatic N) is 2. The fraction of sp³-hybridized carbons (Fsp3) is 0.565. The van der Waals surface area contributed by atoms with Crippen LogP contribution in [-0.4, -0.2) is 9.97 Å². The molecule has 0 spiro atoms. The van der Waals surface area contributed by atoms with E-state index in [2.05, 4.69) is 54.6 Å². The largest absolute Gasteiger partial charge is 0.236 e. The van der Waals surface area contributed by atoms with E-state index in [1.807, 2.05) is 12.4 Å². The van der Waals surface area contributed by atoms with Gasteiger partial charge in [0.1, 0.15) is 0 Å². The highest BCUT2D eigenvalue weighted by atomic mass is 32.1. The molecular weight excluding hydrogens is 336 g/mol. The molecule has 0 atom stereocenters. The Morgan fingerprint density at radius 3 is 2.00 bits per heavy atom. The number of aryl methyl sites for hydroxylation is 2. The summed E-state index contributed by atoms with van der Waals surface area (Å²) in [5, 5.41) is 0. The zero-order valence-corrected chi connectivity index (χ0v) is 17.4. The van der Waals surface area contributed by atoms with Gasteiger partial charge in [-0.05, 0) is 48.9 Å². The first-order valence-corrected chi connectivity index (χ1v) is 10.8. The van der Waals surface area contributed by atoms with Crippen molar-refractivity contribution in [2.75, 3.05) is 0 Å². The minimum Gasteiger partial charge on any atom is -0.236 e. The molecule has 0 aliphatic rings. The third-order valence-electron chi connectivity index (χ3n) is 4.90. The molecule has 2 nitrogen and oxygen atoms in total. The highest BCUT2D eigenvalue weighted by Crippen LogP contribution is 2.25. The van der Waals surface area contributed by atoms with Crippen molar-refractivity contribution in [3.8, 4) is 11.4 Å². The Hall–Kier alpha value is -1.35. The molecule has 0 amide bonds. The van der Waals surface area contributed by atoms with Gasteiger partial charge in [0.2, 0.25) is 0 Å². The summed E-state index contributed by atoms with van der Waals surface area (Å²) in [6.45, 7) is 4.50. The van der Waals surface area contributed by atoms with Crippen LogP contribution in [-0.2, 0) is 12.8 Å². The van der Waals surface area contributed by atoms with E-state index in [-0.39, 0.29) is 0 Å². The van der Waals surface area contributed by atoms with Crippen LogP contribution < -0.4 is 0 Å². The fourth-order valence-electron chi connectivity index (χ4n) is 3.23. The molecule has 142 valence electrons. The van der Waals surface area contributed by atoms with E-state index < -0.39 is 0 Å². The van der Waals surface area contributed by atoms with Crippen molar-refractivity contribution in [1.82, 2.24) is 9.97 Å². The molecule has 0 saturated carbocycles. The lowest BCUT2D eigenvalue weighted by Crippen LogP contribution is -1.95. The SMILES string of the molecule is CCCCCCCCc1cnc(-c2ccc(CCCCC)cc2S)nc1. The highest BCUT2D eigenvalue weighted by Gasteiger charge is 2.07. The van der Waals surface area contributed by atoms with E-state index in [9.17, 15) is 0 Å². The second-order valence-electron chi connectivity index (χ2n) is 7.24. The average molecular weight is 371 g/mol. The molecule has 2 rings (SSSR count). The first-order chi connectivity index (χ1) is 12.7. The Labute approximate surface area is 165 Å². The number of thiol groups is 1. The molecule has 0 aliphatic heterocycles. The summed E-state index contributed by atoms with van der Waals surface area (Å²) in [6.07, 6.45) is 17.9. The van der Waals surface area contributed by atoms with Crippen LogP contribution in [0.2, 0.25) is 0 Å². The minimum atomic E-state index is 0.779. The predicted molar refractivity (Wildman–Crippen MR) is 115 cm³/mol. The smallest absolute Gasteiger partial charge is 0.160 e. The van der Waals surface area contributed by atoms with E-state index in [1.165, 1.54) is 68.9 Å². The molecular formula is C23H34N2S. The van der Waals surface area contributed by atoms with E-state index in [4.69, 9.17) is 0 Å². The number of hydrogen-bond donors (Lipinski definition) is 1. The monoisotopic (exact) mass is 370 g/mol. The molecule has 3 heteroatoms. The predicted octanol–water partition coefficient (Wildman–Crippen LogP) is 7.07. The van der Waals surface area contributed by atoms with Crippen LogP contribution >= 0.6 is 12.6 Å². The minimum absolute atomic E-state index is 0.779. The third kappa shape index (κ3) is 7.11. The molecule has 0 aliphatic carbocycles. The zero-order chi connectivity index (χ0) is 18.6. The Morgan fingerprint density at radius 1 is 0.731 bits per heavy atom. The lowest BCUT2D eigenvalue weighted by atomic mass is 10.0. The van der Waals surface area contributed by atoms with Crippen LogP contribution in [0.4, 0.5) is 0 Å². The maximum atomic E-state index is 4.67. The van der Waals surface area contributed by atoms with Gasteiger partial charge in [-0.15, -0.1) is 12.6 Å². The van der Waals surface area contributed by atoms with Gasteiger partial charge < -0.3 is 0 Å². The van der Waals surface area contributed by atoms with E-state index in [0.717, 1.165) is 29.1 Å². The van der Waals surface area contributed by atoms with Crippen molar-refractivity contribution in [2.24, 2.45) is 0 Å². The molecule has 0 bridgehead atoms. The quantitative estimate of drug-likeness (QED) is 0.319. The number of aromatic nitrogens is 2. The first-order valence-electron chi connectivity index (χ1n) is 10.4. The van der Waals surface area contributed by atoms with Gasteiger partial charge >= 0.3 is 0 Å². The number of unbranched alkanes of at least 4 members (excludes halogenated alkanes) is 7. The van der Waals surface area contributed by atoms with Crippen molar-refractivity contribution >= 4 is 12.6 Å². The molecule has 0 radical (unpaired) electrons. The van der Waals surface area contributed by atoms with Crippen molar-refractivity contribution in [2.45, 2.75) is 89.4 Å².